The molecule has 0 aliphatic heterocycles. The van der Waals surface area contributed by atoms with Crippen LogP contribution < -0.4 is 5.73 Å². The molecule has 1 aromatic heterocycles. The van der Waals surface area contributed by atoms with E-state index in [2.05, 4.69) is 31.0 Å². The highest BCUT2D eigenvalue weighted by atomic mass is 32.2. The fourth-order valence-electron chi connectivity index (χ4n) is 0.852. The first-order valence-electron chi connectivity index (χ1n) is 4.27. The molecule has 0 atom stereocenters. The average Bonchev–Trinajstić information content (AvgIpc) is 2.33. The van der Waals surface area contributed by atoms with Gasteiger partial charge in [0.1, 0.15) is 0 Å². The molecule has 0 bridgehead atoms. The summed E-state index contributed by atoms with van der Waals surface area (Å²) in [5.41, 5.74) is 5.43. The highest BCUT2D eigenvalue weighted by molar-refractivity contribution is 8.00. The van der Waals surface area contributed by atoms with Crippen LogP contribution in [0.25, 0.3) is 0 Å². The quantitative estimate of drug-likeness (QED) is 0.801. The number of hydrogen-bond acceptors (Lipinski definition) is 4. The van der Waals surface area contributed by atoms with E-state index in [-0.39, 0.29) is 0 Å². The molecule has 1 rings (SSSR count). The molecule has 0 saturated carbocycles. The molecule has 0 aromatic carbocycles. The zero-order valence-electron chi connectivity index (χ0n) is 8.32. The van der Waals surface area contributed by atoms with Crippen LogP contribution in [0.3, 0.4) is 0 Å². The summed E-state index contributed by atoms with van der Waals surface area (Å²) in [5.74, 6) is 1.50. The number of rotatable bonds is 3. The zero-order chi connectivity index (χ0) is 9.90. The van der Waals surface area contributed by atoms with Crippen molar-refractivity contribution in [1.82, 2.24) is 15.0 Å². The second-order valence-electron chi connectivity index (χ2n) is 3.83. The topological polar surface area (TPSA) is 56.7 Å². The predicted molar refractivity (Wildman–Crippen MR) is 56.6 cm³/mol. The van der Waals surface area contributed by atoms with Gasteiger partial charge in [-0.3, -0.25) is 0 Å². The minimum atomic E-state index is 0.304. The Kier molecular flexibility index (Phi) is 3.19. The molecule has 13 heavy (non-hydrogen) atoms. The van der Waals surface area contributed by atoms with E-state index in [1.165, 1.54) is 0 Å². The smallest absolute Gasteiger partial charge is 0.165 e. The molecular formula is C8H16N4S. The van der Waals surface area contributed by atoms with Gasteiger partial charge in [0.05, 0.1) is 12.7 Å². The first kappa shape index (κ1) is 10.4. The third kappa shape index (κ3) is 4.17. The number of thioether (sulfide) groups is 1. The average molecular weight is 200 g/mol. The van der Waals surface area contributed by atoms with Crippen molar-refractivity contribution in [3.63, 3.8) is 0 Å². The van der Waals surface area contributed by atoms with Crippen LogP contribution in [0.4, 0.5) is 5.82 Å². The molecule has 4 nitrogen and oxygen atoms in total. The molecule has 2 N–H and O–H groups in total. The number of nitrogens with two attached hydrogens (primary N) is 1. The summed E-state index contributed by atoms with van der Waals surface area (Å²) in [6, 6.07) is 0. The van der Waals surface area contributed by atoms with Crippen LogP contribution in [-0.4, -0.2) is 25.5 Å². The van der Waals surface area contributed by atoms with Gasteiger partial charge in [-0.2, -0.15) is 21.7 Å². The number of hydrogen-bond donors (Lipinski definition) is 1. The minimum Gasteiger partial charge on any atom is -0.381 e. The van der Waals surface area contributed by atoms with Gasteiger partial charge in [0, 0.05) is 10.5 Å². The largest absolute Gasteiger partial charge is 0.381 e. The minimum absolute atomic E-state index is 0.304. The molecule has 0 spiro atoms. The normalized spacial score (nSPS) is 11.9. The molecule has 0 aliphatic carbocycles. The summed E-state index contributed by atoms with van der Waals surface area (Å²) in [6.07, 6.45) is 1.57. The SMILES string of the molecule is CC(C)(C)SCCn1ncc(N)n1. The molecule has 5 heteroatoms. The monoisotopic (exact) mass is 200 g/mol. The van der Waals surface area contributed by atoms with Gasteiger partial charge in [0.15, 0.2) is 5.82 Å². The van der Waals surface area contributed by atoms with Crippen LogP contribution >= 0.6 is 11.8 Å². The third-order valence-electron chi connectivity index (χ3n) is 1.38. The number of anilines is 1. The molecule has 0 unspecified atom stereocenters. The Morgan fingerprint density at radius 3 is 2.69 bits per heavy atom. The van der Waals surface area contributed by atoms with Gasteiger partial charge in [-0.1, -0.05) is 20.8 Å². The van der Waals surface area contributed by atoms with Crippen LogP contribution in [0, 0.1) is 0 Å². The van der Waals surface area contributed by atoms with Crippen LogP contribution in [-0.2, 0) is 6.54 Å². The Morgan fingerprint density at radius 1 is 1.54 bits per heavy atom. The van der Waals surface area contributed by atoms with E-state index in [0.717, 1.165) is 12.3 Å². The van der Waals surface area contributed by atoms with Gasteiger partial charge in [-0.05, 0) is 0 Å². The van der Waals surface area contributed by atoms with E-state index < -0.39 is 0 Å². The maximum Gasteiger partial charge on any atom is 0.165 e. The summed E-state index contributed by atoms with van der Waals surface area (Å²) in [6.45, 7) is 7.41. The predicted octanol–water partition coefficient (Wildman–Crippen LogP) is 1.39. The Bertz CT molecular complexity index is 263. The van der Waals surface area contributed by atoms with Gasteiger partial charge in [-0.25, -0.2) is 0 Å². The fraction of sp³-hybridized carbons (Fsp3) is 0.750. The van der Waals surface area contributed by atoms with Crippen molar-refractivity contribution < 1.29 is 0 Å². The van der Waals surface area contributed by atoms with E-state index >= 15 is 0 Å². The first-order chi connectivity index (χ1) is 5.97. The Labute approximate surface area is 82.9 Å². The molecule has 74 valence electrons. The first-order valence-corrected chi connectivity index (χ1v) is 5.25. The van der Waals surface area contributed by atoms with Gasteiger partial charge < -0.3 is 5.73 Å². The fourth-order valence-corrected chi connectivity index (χ4v) is 1.72. The van der Waals surface area contributed by atoms with Gasteiger partial charge in [0.2, 0.25) is 0 Å². The van der Waals surface area contributed by atoms with Crippen molar-refractivity contribution in [2.24, 2.45) is 0 Å². The van der Waals surface area contributed by atoms with E-state index in [1.807, 2.05) is 11.8 Å². The maximum absolute atomic E-state index is 5.43. The number of aromatic nitrogens is 3. The summed E-state index contributed by atoms with van der Waals surface area (Å²) in [5, 5.41) is 8.00. The Morgan fingerprint density at radius 2 is 2.23 bits per heavy atom. The molecular weight excluding hydrogens is 184 g/mol. The zero-order valence-corrected chi connectivity index (χ0v) is 9.14. The van der Waals surface area contributed by atoms with E-state index in [1.54, 1.807) is 11.0 Å². The van der Waals surface area contributed by atoms with Crippen molar-refractivity contribution in [3.05, 3.63) is 6.20 Å². The van der Waals surface area contributed by atoms with Crippen molar-refractivity contribution in [2.75, 3.05) is 11.5 Å². The maximum atomic E-state index is 5.43. The van der Waals surface area contributed by atoms with Gasteiger partial charge >= 0.3 is 0 Å². The summed E-state index contributed by atoms with van der Waals surface area (Å²) in [4.78, 5) is 1.63. The van der Waals surface area contributed by atoms with Crippen molar-refractivity contribution in [3.8, 4) is 0 Å². The second-order valence-corrected chi connectivity index (χ2v) is 5.75. The molecule has 1 heterocycles. The highest BCUT2D eigenvalue weighted by Gasteiger charge is 2.09. The Balaban J connectivity index is 2.28. The second kappa shape index (κ2) is 4.00. The summed E-state index contributed by atoms with van der Waals surface area (Å²) >= 11 is 1.90. The summed E-state index contributed by atoms with van der Waals surface area (Å²) in [7, 11) is 0. The van der Waals surface area contributed by atoms with Crippen LogP contribution in [0.15, 0.2) is 6.20 Å². The van der Waals surface area contributed by atoms with Crippen molar-refractivity contribution in [1.29, 1.82) is 0 Å². The summed E-state index contributed by atoms with van der Waals surface area (Å²) < 4.78 is 0.304. The van der Waals surface area contributed by atoms with Crippen LogP contribution in [0.2, 0.25) is 0 Å². The molecule has 0 radical (unpaired) electrons. The molecule has 0 saturated heterocycles. The lowest BCUT2D eigenvalue weighted by molar-refractivity contribution is 0.575. The number of nitrogens with zero attached hydrogens (tertiary/aromatic N) is 3. The van der Waals surface area contributed by atoms with Crippen LogP contribution in [0.1, 0.15) is 20.8 Å². The van der Waals surface area contributed by atoms with E-state index in [9.17, 15) is 0 Å². The molecule has 0 fully saturated rings. The molecule has 0 amide bonds. The van der Waals surface area contributed by atoms with Crippen LogP contribution in [0.5, 0.6) is 0 Å². The lowest BCUT2D eigenvalue weighted by atomic mass is 10.3. The number of nitrogen functional groups attached to an aromatic ring is 1. The van der Waals surface area contributed by atoms with Crippen molar-refractivity contribution in [2.45, 2.75) is 32.1 Å². The lowest BCUT2D eigenvalue weighted by Crippen LogP contribution is -2.12. The van der Waals surface area contributed by atoms with E-state index in [0.29, 0.717) is 10.6 Å². The van der Waals surface area contributed by atoms with Crippen molar-refractivity contribution >= 4 is 17.6 Å². The standard InChI is InChI=1S/C8H16N4S/c1-8(2,3)13-5-4-12-10-6-7(9)11-12/h6H,4-5H2,1-3H3,(H2,9,11). The highest BCUT2D eigenvalue weighted by Crippen LogP contribution is 2.22. The van der Waals surface area contributed by atoms with E-state index in [4.69, 9.17) is 5.73 Å². The van der Waals surface area contributed by atoms with Gasteiger partial charge in [-0.15, -0.1) is 5.10 Å². The Hall–Kier alpha value is -0.710. The van der Waals surface area contributed by atoms with Gasteiger partial charge in [0.25, 0.3) is 0 Å². The third-order valence-corrected chi connectivity index (χ3v) is 2.63. The number of aryl methyl sites for hydroxylation is 1. The molecule has 0 aliphatic rings. The lowest BCUT2D eigenvalue weighted by Gasteiger charge is -2.16. The molecule has 1 aromatic rings.